The summed E-state index contributed by atoms with van der Waals surface area (Å²) < 4.78 is 7.40. The lowest BCUT2D eigenvalue weighted by molar-refractivity contribution is 0.0695. The molecule has 0 unspecified atom stereocenters. The summed E-state index contributed by atoms with van der Waals surface area (Å²) in [6.07, 6.45) is 6.71. The van der Waals surface area contributed by atoms with Gasteiger partial charge in [0.15, 0.2) is 0 Å². The van der Waals surface area contributed by atoms with Crippen LogP contribution in [0.25, 0.3) is 22.0 Å². The Hall–Kier alpha value is -3.60. The summed E-state index contributed by atoms with van der Waals surface area (Å²) in [7, 11) is 3.70. The zero-order valence-electron chi connectivity index (χ0n) is 17.6. The second-order valence-electron chi connectivity index (χ2n) is 8.25. The fourth-order valence-corrected chi connectivity index (χ4v) is 4.22. The summed E-state index contributed by atoms with van der Waals surface area (Å²) in [5, 5.41) is 10.9. The molecule has 0 amide bonds. The minimum atomic E-state index is -0.912. The minimum absolute atomic E-state index is 0.313. The molecule has 1 N–H and O–H groups in total. The third-order valence-corrected chi connectivity index (χ3v) is 6.10. The molecule has 1 saturated carbocycles. The Labute approximate surface area is 180 Å². The Morgan fingerprint density at radius 1 is 1.16 bits per heavy atom. The van der Waals surface area contributed by atoms with E-state index in [-0.39, 0.29) is 0 Å². The molecule has 0 bridgehead atoms. The van der Waals surface area contributed by atoms with Crippen molar-refractivity contribution in [2.24, 2.45) is 7.05 Å². The van der Waals surface area contributed by atoms with Gasteiger partial charge in [-0.2, -0.15) is 0 Å². The smallest absolute Gasteiger partial charge is 0.337 e. The molecule has 31 heavy (non-hydrogen) atoms. The number of nitrogens with zero attached hydrogens (tertiary/aromatic N) is 2. The largest absolute Gasteiger partial charge is 0.497 e. The van der Waals surface area contributed by atoms with Gasteiger partial charge in [-0.25, -0.2) is 4.79 Å². The topological polar surface area (TPSA) is 64.4 Å². The van der Waals surface area contributed by atoms with Crippen molar-refractivity contribution in [1.82, 2.24) is 9.55 Å². The predicted octanol–water partition coefficient (Wildman–Crippen LogP) is 5.42. The van der Waals surface area contributed by atoms with Crippen LogP contribution >= 0.6 is 0 Å². The van der Waals surface area contributed by atoms with E-state index in [0.29, 0.717) is 23.6 Å². The van der Waals surface area contributed by atoms with E-state index >= 15 is 0 Å². The number of carboxylic acids is 1. The molecule has 1 fully saturated rings. The lowest BCUT2D eigenvalue weighted by Gasteiger charge is -2.09. The van der Waals surface area contributed by atoms with Gasteiger partial charge in [0.2, 0.25) is 0 Å². The number of rotatable bonds is 6. The average Bonchev–Trinajstić information content (AvgIpc) is 3.58. The third kappa shape index (κ3) is 3.67. The van der Waals surface area contributed by atoms with Crippen LogP contribution in [-0.2, 0) is 13.5 Å². The van der Waals surface area contributed by atoms with E-state index < -0.39 is 5.97 Å². The van der Waals surface area contributed by atoms with Gasteiger partial charge in [0, 0.05) is 42.3 Å². The Morgan fingerprint density at radius 3 is 2.61 bits per heavy atom. The maximum atomic E-state index is 11.9. The van der Waals surface area contributed by atoms with Gasteiger partial charge in [0.05, 0.1) is 18.4 Å². The van der Waals surface area contributed by atoms with Crippen LogP contribution in [-0.4, -0.2) is 27.7 Å². The molecule has 0 radical (unpaired) electrons. The van der Waals surface area contributed by atoms with Crippen molar-refractivity contribution < 1.29 is 14.6 Å². The molecule has 1 aliphatic rings. The van der Waals surface area contributed by atoms with Gasteiger partial charge in [0.25, 0.3) is 0 Å². The SMILES string of the molecule is COc1ccc(-c2cn(C)c3ccc(Cc4ncc(C5CC5)cc4C(=O)O)cc23)cc1. The van der Waals surface area contributed by atoms with Crippen LogP contribution < -0.4 is 4.74 Å². The number of pyridine rings is 1. The van der Waals surface area contributed by atoms with Crippen molar-refractivity contribution in [2.75, 3.05) is 7.11 Å². The minimum Gasteiger partial charge on any atom is -0.497 e. The second kappa shape index (κ2) is 7.58. The number of methoxy groups -OCH3 is 1. The zero-order chi connectivity index (χ0) is 21.5. The second-order valence-corrected chi connectivity index (χ2v) is 8.25. The quantitative estimate of drug-likeness (QED) is 0.460. The molecule has 0 atom stereocenters. The molecular formula is C26H24N2O3. The predicted molar refractivity (Wildman–Crippen MR) is 121 cm³/mol. The van der Waals surface area contributed by atoms with Gasteiger partial charge in [-0.1, -0.05) is 18.2 Å². The Morgan fingerprint density at radius 2 is 1.94 bits per heavy atom. The first-order chi connectivity index (χ1) is 15.0. The maximum Gasteiger partial charge on any atom is 0.337 e. The fourth-order valence-electron chi connectivity index (χ4n) is 4.22. The van der Waals surface area contributed by atoms with Crippen LogP contribution in [0.1, 0.15) is 45.9 Å². The molecule has 5 rings (SSSR count). The summed E-state index contributed by atoms with van der Waals surface area (Å²) in [5.41, 5.74) is 6.39. The summed E-state index contributed by atoms with van der Waals surface area (Å²) in [5.74, 6) is 0.392. The summed E-state index contributed by atoms with van der Waals surface area (Å²) >= 11 is 0. The summed E-state index contributed by atoms with van der Waals surface area (Å²) in [6.45, 7) is 0. The molecule has 5 heteroatoms. The Kier molecular flexibility index (Phi) is 4.74. The first kappa shape index (κ1) is 19.4. The number of benzene rings is 2. The standard InChI is InChI=1S/C26H24N2O3/c1-28-15-23(18-6-8-20(31-2)9-7-18)21-11-16(3-10-25(21)28)12-24-22(26(29)30)13-19(14-27-24)17-4-5-17/h3,6-11,13-15,17H,4-5,12H2,1-2H3,(H,29,30). The highest BCUT2D eigenvalue weighted by molar-refractivity contribution is 5.96. The highest BCUT2D eigenvalue weighted by atomic mass is 16.5. The van der Waals surface area contributed by atoms with Crippen LogP contribution in [0.3, 0.4) is 0 Å². The molecule has 0 aliphatic heterocycles. The lowest BCUT2D eigenvalue weighted by atomic mass is 9.99. The molecule has 1 aliphatic carbocycles. The van der Waals surface area contributed by atoms with Gasteiger partial charge in [-0.05, 0) is 65.8 Å². The molecule has 0 spiro atoms. The number of fused-ring (bicyclic) bond motifs is 1. The maximum absolute atomic E-state index is 11.9. The molecule has 2 aromatic heterocycles. The van der Waals surface area contributed by atoms with Gasteiger partial charge < -0.3 is 14.4 Å². The normalized spacial score (nSPS) is 13.5. The van der Waals surface area contributed by atoms with E-state index in [0.717, 1.165) is 51.7 Å². The van der Waals surface area contributed by atoms with Gasteiger partial charge in [0.1, 0.15) is 5.75 Å². The molecule has 0 saturated heterocycles. The molecule has 156 valence electrons. The zero-order valence-corrected chi connectivity index (χ0v) is 17.6. The van der Waals surface area contributed by atoms with Crippen molar-refractivity contribution in [3.8, 4) is 16.9 Å². The summed E-state index contributed by atoms with van der Waals surface area (Å²) in [4.78, 5) is 16.4. The number of aryl methyl sites for hydroxylation is 1. The molecule has 2 heterocycles. The number of hydrogen-bond donors (Lipinski definition) is 1. The van der Waals surface area contributed by atoms with Gasteiger partial charge in [-0.3, -0.25) is 4.98 Å². The number of aromatic nitrogens is 2. The van der Waals surface area contributed by atoms with Crippen LogP contribution in [0.15, 0.2) is 60.9 Å². The van der Waals surface area contributed by atoms with Crippen molar-refractivity contribution in [2.45, 2.75) is 25.2 Å². The highest BCUT2D eigenvalue weighted by Gasteiger charge is 2.26. The number of carbonyl (C=O) groups is 1. The fraction of sp³-hybridized carbons (Fsp3) is 0.231. The first-order valence-electron chi connectivity index (χ1n) is 10.5. The number of aromatic carboxylic acids is 1. The van der Waals surface area contributed by atoms with Crippen LogP contribution in [0.2, 0.25) is 0 Å². The van der Waals surface area contributed by atoms with Crippen LogP contribution in [0.4, 0.5) is 0 Å². The third-order valence-electron chi connectivity index (χ3n) is 6.10. The first-order valence-corrected chi connectivity index (χ1v) is 10.5. The van der Waals surface area contributed by atoms with E-state index in [1.165, 1.54) is 0 Å². The molecular weight excluding hydrogens is 388 g/mol. The van der Waals surface area contributed by atoms with Crippen molar-refractivity contribution in [3.63, 3.8) is 0 Å². The Balaban J connectivity index is 1.53. The highest BCUT2D eigenvalue weighted by Crippen LogP contribution is 2.40. The lowest BCUT2D eigenvalue weighted by Crippen LogP contribution is -2.07. The van der Waals surface area contributed by atoms with Crippen molar-refractivity contribution in [1.29, 1.82) is 0 Å². The number of hydrogen-bond acceptors (Lipinski definition) is 3. The van der Waals surface area contributed by atoms with Crippen molar-refractivity contribution >= 4 is 16.9 Å². The average molecular weight is 412 g/mol. The van der Waals surface area contributed by atoms with Crippen LogP contribution in [0.5, 0.6) is 5.75 Å². The van der Waals surface area contributed by atoms with Gasteiger partial charge in [-0.15, -0.1) is 0 Å². The van der Waals surface area contributed by atoms with E-state index in [2.05, 4.69) is 46.1 Å². The van der Waals surface area contributed by atoms with E-state index in [9.17, 15) is 9.90 Å². The van der Waals surface area contributed by atoms with E-state index in [1.54, 1.807) is 7.11 Å². The van der Waals surface area contributed by atoms with Gasteiger partial charge >= 0.3 is 5.97 Å². The van der Waals surface area contributed by atoms with E-state index in [1.807, 2.05) is 31.4 Å². The monoisotopic (exact) mass is 412 g/mol. The molecule has 4 aromatic rings. The van der Waals surface area contributed by atoms with E-state index in [4.69, 9.17) is 4.74 Å². The molecule has 5 nitrogen and oxygen atoms in total. The van der Waals surface area contributed by atoms with Crippen molar-refractivity contribution in [3.05, 3.63) is 83.3 Å². The van der Waals surface area contributed by atoms with Crippen LogP contribution in [0, 0.1) is 0 Å². The summed E-state index contributed by atoms with van der Waals surface area (Å²) in [6, 6.07) is 16.1. The number of carboxylic acid groups (broad SMARTS) is 1. The Bertz CT molecular complexity index is 1280. The molecule has 2 aromatic carbocycles. The number of ether oxygens (including phenoxy) is 1.